The first-order valence-electron chi connectivity index (χ1n) is 8.59. The number of allylic oxidation sites excluding steroid dienone is 1. The van der Waals surface area contributed by atoms with E-state index in [-0.39, 0.29) is 12.4 Å². The molecule has 0 saturated heterocycles. The van der Waals surface area contributed by atoms with Gasteiger partial charge >= 0.3 is 11.7 Å². The Bertz CT molecular complexity index is 929. The van der Waals surface area contributed by atoms with Crippen molar-refractivity contribution in [3.05, 3.63) is 62.7 Å². The van der Waals surface area contributed by atoms with E-state index >= 15 is 0 Å². The van der Waals surface area contributed by atoms with Crippen LogP contribution >= 0.6 is 0 Å². The van der Waals surface area contributed by atoms with Gasteiger partial charge in [0.15, 0.2) is 0 Å². The summed E-state index contributed by atoms with van der Waals surface area (Å²) in [5.41, 5.74) is 9.26. The molecule has 1 atom stereocenters. The lowest BCUT2D eigenvalue weighted by atomic mass is 9.81. The van der Waals surface area contributed by atoms with Crippen molar-refractivity contribution < 1.29 is 9.53 Å². The van der Waals surface area contributed by atoms with Crippen molar-refractivity contribution in [3.63, 3.8) is 0 Å². The molecule has 0 bridgehead atoms. The molecular weight excluding hydrogens is 332 g/mol. The first kappa shape index (κ1) is 17.7. The molecule has 1 aromatic carbocycles. The van der Waals surface area contributed by atoms with Gasteiger partial charge in [-0.2, -0.15) is 4.98 Å². The van der Waals surface area contributed by atoms with Crippen LogP contribution in [-0.4, -0.2) is 22.5 Å². The van der Waals surface area contributed by atoms with Crippen LogP contribution in [0.15, 0.2) is 40.3 Å². The fourth-order valence-electron chi connectivity index (χ4n) is 3.25. The SMILES string of the molecule is CCOC(=O)C1=C(C)Nc2nc(=O)[nH]c(N)c2C1c1ccc(CC)cc1. The first-order chi connectivity index (χ1) is 12.5. The van der Waals surface area contributed by atoms with Gasteiger partial charge in [0.1, 0.15) is 11.6 Å². The standard InChI is InChI=1S/C19H22N4O3/c1-4-11-6-8-12(9-7-11)14-13(18(24)26-5-2)10(3)21-17-15(14)16(20)22-19(25)23-17/h6-9,14H,4-5H2,1-3H3,(H4,20,21,22,23,25). The largest absolute Gasteiger partial charge is 0.463 e. The molecule has 1 aromatic heterocycles. The Kier molecular flexibility index (Phi) is 4.79. The number of fused-ring (bicyclic) bond motifs is 1. The maximum atomic E-state index is 12.7. The van der Waals surface area contributed by atoms with Crippen molar-refractivity contribution >= 4 is 17.6 Å². The number of aryl methyl sites for hydroxylation is 1. The molecule has 0 saturated carbocycles. The number of nitrogens with one attached hydrogen (secondary N) is 2. The highest BCUT2D eigenvalue weighted by molar-refractivity contribution is 5.95. The van der Waals surface area contributed by atoms with Crippen LogP contribution in [0.2, 0.25) is 0 Å². The van der Waals surface area contributed by atoms with Gasteiger partial charge in [0.25, 0.3) is 0 Å². The maximum absolute atomic E-state index is 12.7. The Morgan fingerprint density at radius 2 is 1.96 bits per heavy atom. The van der Waals surface area contributed by atoms with E-state index in [1.165, 1.54) is 5.56 Å². The summed E-state index contributed by atoms with van der Waals surface area (Å²) in [6.45, 7) is 5.87. The number of nitrogens with zero attached hydrogens (tertiary/aromatic N) is 1. The summed E-state index contributed by atoms with van der Waals surface area (Å²) in [6, 6.07) is 7.97. The van der Waals surface area contributed by atoms with Crippen molar-refractivity contribution in [1.82, 2.24) is 9.97 Å². The van der Waals surface area contributed by atoms with Gasteiger partial charge in [0.05, 0.1) is 18.1 Å². The number of aromatic nitrogens is 2. The summed E-state index contributed by atoms with van der Waals surface area (Å²) >= 11 is 0. The van der Waals surface area contributed by atoms with E-state index in [4.69, 9.17) is 10.5 Å². The van der Waals surface area contributed by atoms with Crippen molar-refractivity contribution in [1.29, 1.82) is 0 Å². The van der Waals surface area contributed by atoms with E-state index < -0.39 is 17.6 Å². The summed E-state index contributed by atoms with van der Waals surface area (Å²) in [7, 11) is 0. The molecular formula is C19H22N4O3. The Hall–Kier alpha value is -3.09. The van der Waals surface area contributed by atoms with Gasteiger partial charge in [-0.05, 0) is 31.4 Å². The second-order valence-corrected chi connectivity index (χ2v) is 6.13. The van der Waals surface area contributed by atoms with E-state index in [2.05, 4.69) is 22.2 Å². The number of anilines is 2. The Morgan fingerprint density at radius 3 is 2.58 bits per heavy atom. The number of carbonyl (C=O) groups excluding carboxylic acids is 1. The van der Waals surface area contributed by atoms with Gasteiger partial charge in [0.2, 0.25) is 0 Å². The molecule has 26 heavy (non-hydrogen) atoms. The zero-order valence-electron chi connectivity index (χ0n) is 15.1. The number of ether oxygens (including phenoxy) is 1. The second-order valence-electron chi connectivity index (χ2n) is 6.13. The number of aromatic amines is 1. The minimum Gasteiger partial charge on any atom is -0.463 e. The molecule has 7 heteroatoms. The molecule has 0 radical (unpaired) electrons. The first-order valence-corrected chi connectivity index (χ1v) is 8.59. The number of carbonyl (C=O) groups is 1. The van der Waals surface area contributed by atoms with E-state index in [1.807, 2.05) is 24.3 Å². The summed E-state index contributed by atoms with van der Waals surface area (Å²) in [5, 5.41) is 3.02. The molecule has 2 aromatic rings. The number of rotatable bonds is 4. The van der Waals surface area contributed by atoms with Crippen LogP contribution in [0.1, 0.15) is 43.4 Å². The van der Waals surface area contributed by atoms with Crippen LogP contribution in [0.25, 0.3) is 0 Å². The van der Waals surface area contributed by atoms with Gasteiger partial charge in [-0.3, -0.25) is 4.98 Å². The summed E-state index contributed by atoms with van der Waals surface area (Å²) < 4.78 is 5.26. The highest BCUT2D eigenvalue weighted by Gasteiger charge is 2.35. The van der Waals surface area contributed by atoms with Crippen LogP contribution in [0.4, 0.5) is 11.6 Å². The number of nitrogens with two attached hydrogens (primary N) is 1. The molecule has 1 unspecified atom stereocenters. The molecule has 1 aliphatic rings. The predicted octanol–water partition coefficient (Wildman–Crippen LogP) is 2.31. The van der Waals surface area contributed by atoms with Gasteiger partial charge in [0, 0.05) is 11.3 Å². The molecule has 0 aliphatic carbocycles. The van der Waals surface area contributed by atoms with Crippen LogP contribution in [0.5, 0.6) is 0 Å². The van der Waals surface area contributed by atoms with Gasteiger partial charge in [-0.1, -0.05) is 31.2 Å². The molecule has 0 amide bonds. The zero-order valence-corrected chi connectivity index (χ0v) is 15.1. The topological polar surface area (TPSA) is 110 Å². The zero-order chi connectivity index (χ0) is 18.8. The number of H-pyrrole nitrogens is 1. The third-order valence-corrected chi connectivity index (χ3v) is 4.50. The summed E-state index contributed by atoms with van der Waals surface area (Å²) in [4.78, 5) is 30.9. The van der Waals surface area contributed by atoms with Gasteiger partial charge in [-0.25, -0.2) is 9.59 Å². The van der Waals surface area contributed by atoms with Crippen molar-refractivity contribution in [2.24, 2.45) is 0 Å². The average molecular weight is 354 g/mol. The molecule has 3 rings (SSSR count). The minimum absolute atomic E-state index is 0.186. The maximum Gasteiger partial charge on any atom is 0.348 e. The Labute approximate surface area is 151 Å². The van der Waals surface area contributed by atoms with E-state index in [9.17, 15) is 9.59 Å². The Morgan fingerprint density at radius 1 is 1.27 bits per heavy atom. The lowest BCUT2D eigenvalue weighted by Crippen LogP contribution is -2.29. The number of esters is 1. The van der Waals surface area contributed by atoms with Crippen LogP contribution < -0.4 is 16.7 Å². The van der Waals surface area contributed by atoms with Crippen molar-refractivity contribution in [3.8, 4) is 0 Å². The molecule has 1 aliphatic heterocycles. The molecule has 0 fully saturated rings. The third-order valence-electron chi connectivity index (χ3n) is 4.50. The fraction of sp³-hybridized carbons (Fsp3) is 0.316. The number of hydrogen-bond donors (Lipinski definition) is 3. The lowest BCUT2D eigenvalue weighted by molar-refractivity contribution is -0.138. The van der Waals surface area contributed by atoms with Gasteiger partial charge < -0.3 is 15.8 Å². The fourth-order valence-corrected chi connectivity index (χ4v) is 3.25. The minimum atomic E-state index is -0.541. The summed E-state index contributed by atoms with van der Waals surface area (Å²) in [5.74, 6) is -0.341. The smallest absolute Gasteiger partial charge is 0.348 e. The second kappa shape index (κ2) is 7.03. The van der Waals surface area contributed by atoms with Crippen LogP contribution in [-0.2, 0) is 16.0 Å². The van der Waals surface area contributed by atoms with E-state index in [0.29, 0.717) is 22.7 Å². The normalized spacial score (nSPS) is 16.0. The van der Waals surface area contributed by atoms with E-state index in [0.717, 1.165) is 12.0 Å². The van der Waals surface area contributed by atoms with Crippen LogP contribution in [0.3, 0.4) is 0 Å². The molecule has 136 valence electrons. The summed E-state index contributed by atoms with van der Waals surface area (Å²) in [6.07, 6.45) is 0.916. The Balaban J connectivity index is 2.23. The third kappa shape index (κ3) is 3.08. The predicted molar refractivity (Wildman–Crippen MR) is 99.9 cm³/mol. The number of nitrogen functional groups attached to an aromatic ring is 1. The van der Waals surface area contributed by atoms with Crippen molar-refractivity contribution in [2.45, 2.75) is 33.1 Å². The number of hydrogen-bond acceptors (Lipinski definition) is 6. The highest BCUT2D eigenvalue weighted by Crippen LogP contribution is 2.43. The van der Waals surface area contributed by atoms with Gasteiger partial charge in [-0.15, -0.1) is 0 Å². The molecule has 4 N–H and O–H groups in total. The lowest BCUT2D eigenvalue weighted by Gasteiger charge is -2.29. The van der Waals surface area contributed by atoms with E-state index in [1.54, 1.807) is 13.8 Å². The quantitative estimate of drug-likeness (QED) is 0.727. The highest BCUT2D eigenvalue weighted by atomic mass is 16.5. The molecule has 7 nitrogen and oxygen atoms in total. The van der Waals surface area contributed by atoms with Crippen LogP contribution in [0, 0.1) is 0 Å². The molecule has 2 heterocycles. The van der Waals surface area contributed by atoms with Crippen molar-refractivity contribution in [2.75, 3.05) is 17.7 Å². The monoisotopic (exact) mass is 354 g/mol. The average Bonchev–Trinajstić information content (AvgIpc) is 2.60. The number of benzene rings is 1. The molecule has 0 spiro atoms.